The van der Waals surface area contributed by atoms with Crippen LogP contribution in [0.15, 0.2) is 59.8 Å². The number of anilines is 1. The van der Waals surface area contributed by atoms with E-state index < -0.39 is 0 Å². The Bertz CT molecular complexity index is 1430. The number of H-pyrrole nitrogens is 1. The van der Waals surface area contributed by atoms with Gasteiger partial charge in [0.05, 0.1) is 11.5 Å². The van der Waals surface area contributed by atoms with E-state index in [0.717, 1.165) is 30.6 Å². The highest BCUT2D eigenvalue weighted by Crippen LogP contribution is 2.32. The Hall–Kier alpha value is -3.74. The first-order chi connectivity index (χ1) is 16.4. The Balaban J connectivity index is 1.57. The number of nitrogens with zero attached hydrogens (tertiary/aromatic N) is 4. The molecule has 4 aromatic rings. The molecule has 0 fully saturated rings. The molecule has 7 heteroatoms. The minimum Gasteiger partial charge on any atom is -0.364 e. The van der Waals surface area contributed by atoms with E-state index in [1.54, 1.807) is 0 Å². The maximum Gasteiger partial charge on any atom is 0.180 e. The van der Waals surface area contributed by atoms with Crippen LogP contribution in [-0.4, -0.2) is 32.1 Å². The highest BCUT2D eigenvalue weighted by molar-refractivity contribution is 5.85. The third-order valence-electron chi connectivity index (χ3n) is 6.43. The number of allylic oxidation sites excluding steroid dienone is 3. The maximum absolute atomic E-state index is 13.8. The van der Waals surface area contributed by atoms with Crippen LogP contribution in [0.4, 0.5) is 10.2 Å². The van der Waals surface area contributed by atoms with Gasteiger partial charge in [-0.1, -0.05) is 32.0 Å². The summed E-state index contributed by atoms with van der Waals surface area (Å²) in [5.74, 6) is 0.641. The van der Waals surface area contributed by atoms with E-state index >= 15 is 0 Å². The zero-order valence-corrected chi connectivity index (χ0v) is 19.8. The molecular weight excluding hydrogens is 427 g/mol. The average molecular weight is 457 g/mol. The van der Waals surface area contributed by atoms with Crippen molar-refractivity contribution in [3.8, 4) is 0 Å². The van der Waals surface area contributed by atoms with Crippen molar-refractivity contribution < 1.29 is 4.39 Å². The lowest BCUT2D eigenvalue weighted by molar-refractivity contribution is 0.605. The van der Waals surface area contributed by atoms with Gasteiger partial charge >= 0.3 is 0 Å². The van der Waals surface area contributed by atoms with Crippen LogP contribution in [0, 0.1) is 0 Å². The molecule has 0 saturated heterocycles. The van der Waals surface area contributed by atoms with Gasteiger partial charge in [0.2, 0.25) is 0 Å². The normalized spacial score (nSPS) is 16.9. The molecule has 0 spiro atoms. The number of para-hydroxylation sites is 1. The lowest BCUT2D eigenvalue weighted by Crippen LogP contribution is -2.28. The fourth-order valence-corrected chi connectivity index (χ4v) is 4.85. The number of fused-ring (bicyclic) bond motifs is 4. The Morgan fingerprint density at radius 3 is 2.94 bits per heavy atom. The predicted octanol–water partition coefficient (Wildman–Crippen LogP) is 6.22. The summed E-state index contributed by atoms with van der Waals surface area (Å²) in [4.78, 5) is 17.0. The summed E-state index contributed by atoms with van der Waals surface area (Å²) in [7, 11) is 0. The number of benzene rings is 1. The molecule has 1 aliphatic carbocycles. The van der Waals surface area contributed by atoms with Crippen LogP contribution in [-0.2, 0) is 12.8 Å². The number of aryl methyl sites for hydroxylation is 1. The number of hydrogen-bond acceptors (Lipinski definition) is 4. The molecule has 1 aromatic carbocycles. The Morgan fingerprint density at radius 1 is 1.35 bits per heavy atom. The van der Waals surface area contributed by atoms with Crippen LogP contribution in [0.1, 0.15) is 55.8 Å². The van der Waals surface area contributed by atoms with Gasteiger partial charge < -0.3 is 10.3 Å². The third kappa shape index (κ3) is 4.02. The summed E-state index contributed by atoms with van der Waals surface area (Å²) in [5, 5.41) is 4.95. The van der Waals surface area contributed by atoms with Crippen molar-refractivity contribution in [1.29, 1.82) is 0 Å². The molecule has 0 amide bonds. The van der Waals surface area contributed by atoms with Crippen LogP contribution >= 0.6 is 0 Å². The second-order valence-electron chi connectivity index (χ2n) is 9.22. The molecule has 1 aliphatic rings. The molecular formula is C27H29FN6. The fourth-order valence-electron chi connectivity index (χ4n) is 4.85. The van der Waals surface area contributed by atoms with Crippen LogP contribution in [0.2, 0.25) is 0 Å². The SMILES string of the molecule is C=N/C=C(\C=C(/C)F)c1cn2c(C(C)C)cnc2c(N[C@@H]2CCc3[nH]c4ccccc4c3C2)n1. The zero-order chi connectivity index (χ0) is 23.8. The third-order valence-corrected chi connectivity index (χ3v) is 6.43. The predicted molar refractivity (Wildman–Crippen MR) is 137 cm³/mol. The lowest BCUT2D eigenvalue weighted by Gasteiger charge is -2.24. The Kier molecular flexibility index (Phi) is 5.77. The van der Waals surface area contributed by atoms with Crippen molar-refractivity contribution in [2.45, 2.75) is 52.0 Å². The number of hydrogen-bond donors (Lipinski definition) is 2. The molecule has 5 rings (SSSR count). The van der Waals surface area contributed by atoms with Crippen molar-refractivity contribution in [3.05, 3.63) is 77.4 Å². The molecule has 0 unspecified atom stereocenters. The van der Waals surface area contributed by atoms with E-state index in [0.29, 0.717) is 17.1 Å². The average Bonchev–Trinajstić information content (AvgIpc) is 3.40. The molecule has 34 heavy (non-hydrogen) atoms. The summed E-state index contributed by atoms with van der Waals surface area (Å²) in [6, 6.07) is 8.67. The summed E-state index contributed by atoms with van der Waals surface area (Å²) in [5.41, 5.74) is 6.88. The number of aliphatic imine (C=N–C) groups is 1. The van der Waals surface area contributed by atoms with Gasteiger partial charge in [0.1, 0.15) is 0 Å². The van der Waals surface area contributed by atoms with Crippen molar-refractivity contribution >= 4 is 34.7 Å². The molecule has 2 N–H and O–H groups in total. The number of aromatic nitrogens is 4. The quantitative estimate of drug-likeness (QED) is 0.267. The van der Waals surface area contributed by atoms with Crippen LogP contribution in [0.5, 0.6) is 0 Å². The Morgan fingerprint density at radius 2 is 2.18 bits per heavy atom. The van der Waals surface area contributed by atoms with Gasteiger partial charge in [-0.15, -0.1) is 0 Å². The fraction of sp³-hybridized carbons (Fsp3) is 0.296. The van der Waals surface area contributed by atoms with E-state index in [4.69, 9.17) is 4.98 Å². The minimum absolute atomic E-state index is 0.209. The molecule has 1 atom stereocenters. The molecule has 0 aliphatic heterocycles. The molecule has 174 valence electrons. The number of rotatable bonds is 6. The molecule has 6 nitrogen and oxygen atoms in total. The zero-order valence-electron chi connectivity index (χ0n) is 19.8. The van der Waals surface area contributed by atoms with Gasteiger partial charge in [0.15, 0.2) is 11.5 Å². The second kappa shape index (κ2) is 8.89. The smallest absolute Gasteiger partial charge is 0.180 e. The molecule has 0 saturated carbocycles. The van der Waals surface area contributed by atoms with Gasteiger partial charge in [-0.05, 0) is 56.5 Å². The van der Waals surface area contributed by atoms with Crippen molar-refractivity contribution in [3.63, 3.8) is 0 Å². The van der Waals surface area contributed by atoms with Crippen molar-refractivity contribution in [2.24, 2.45) is 4.99 Å². The van der Waals surface area contributed by atoms with Crippen LogP contribution in [0.25, 0.3) is 22.1 Å². The number of halogens is 1. The first-order valence-corrected chi connectivity index (χ1v) is 11.7. The summed E-state index contributed by atoms with van der Waals surface area (Å²) in [6.07, 6.45) is 9.60. The number of nitrogens with one attached hydrogen (secondary N) is 2. The van der Waals surface area contributed by atoms with Crippen LogP contribution < -0.4 is 5.32 Å². The maximum atomic E-state index is 13.8. The van der Waals surface area contributed by atoms with Gasteiger partial charge in [0, 0.05) is 52.5 Å². The number of aromatic amines is 1. The first kappa shape index (κ1) is 22.1. The van der Waals surface area contributed by atoms with E-state index in [9.17, 15) is 4.39 Å². The monoisotopic (exact) mass is 456 g/mol. The second-order valence-corrected chi connectivity index (χ2v) is 9.22. The van der Waals surface area contributed by atoms with Gasteiger partial charge in [-0.3, -0.25) is 9.39 Å². The van der Waals surface area contributed by atoms with E-state index in [1.165, 1.54) is 41.4 Å². The van der Waals surface area contributed by atoms with Gasteiger partial charge in [0.25, 0.3) is 0 Å². The molecule has 3 heterocycles. The van der Waals surface area contributed by atoms with E-state index in [2.05, 4.69) is 65.1 Å². The van der Waals surface area contributed by atoms with Crippen molar-refractivity contribution in [1.82, 2.24) is 19.4 Å². The highest BCUT2D eigenvalue weighted by Gasteiger charge is 2.24. The number of imidazole rings is 1. The lowest BCUT2D eigenvalue weighted by atomic mass is 9.91. The highest BCUT2D eigenvalue weighted by atomic mass is 19.1. The summed E-state index contributed by atoms with van der Waals surface area (Å²) < 4.78 is 15.9. The van der Waals surface area contributed by atoms with E-state index in [-0.39, 0.29) is 17.8 Å². The standard InChI is InChI=1S/C27H29FN6/c1-16(2)25-14-30-27-26(33-24(15-34(25)27)18(13-29-4)11-17(3)28)31-19-9-10-23-21(12-19)20-7-5-6-8-22(20)32-23/h5-8,11,13-16,19,32H,4,9-10,12H2,1-3H3,(H,31,33)/b17-11+,18-13+/t19-/m1/s1. The largest absolute Gasteiger partial charge is 0.364 e. The minimum atomic E-state index is -0.319. The van der Waals surface area contributed by atoms with Crippen LogP contribution in [0.3, 0.4) is 0 Å². The van der Waals surface area contributed by atoms with Gasteiger partial charge in [-0.25, -0.2) is 14.4 Å². The summed E-state index contributed by atoms with van der Waals surface area (Å²) in [6.45, 7) is 9.21. The molecule has 0 radical (unpaired) electrons. The first-order valence-electron chi connectivity index (χ1n) is 11.7. The molecule has 3 aromatic heterocycles. The summed E-state index contributed by atoms with van der Waals surface area (Å²) >= 11 is 0. The molecule has 0 bridgehead atoms. The van der Waals surface area contributed by atoms with Crippen molar-refractivity contribution in [2.75, 3.05) is 5.32 Å². The Labute approximate surface area is 198 Å². The van der Waals surface area contributed by atoms with Gasteiger partial charge in [-0.2, -0.15) is 0 Å². The topological polar surface area (TPSA) is 70.4 Å². The van der Waals surface area contributed by atoms with E-state index in [1.807, 2.05) is 16.8 Å².